The summed E-state index contributed by atoms with van der Waals surface area (Å²) in [5.41, 5.74) is 0. The molecule has 3 atom stereocenters. The van der Waals surface area contributed by atoms with Gasteiger partial charge in [0.2, 0.25) is 0 Å². The van der Waals surface area contributed by atoms with Crippen LogP contribution in [-0.2, 0) is 33.3 Å². The van der Waals surface area contributed by atoms with Crippen LogP contribution in [0, 0.1) is 5.92 Å². The van der Waals surface area contributed by atoms with Crippen LogP contribution in [0.15, 0.2) is 0 Å². The standard InChI is InChI=1S/C15H22O7/c1-4-19-13(17)11-12(14(18)20-5-2)22-15(3,21-11)9-7-6-8-10(9)16/h9,11-12H,4-8H2,1-3H3/t9-,11+,12+/m0/s1. The van der Waals surface area contributed by atoms with Crippen LogP contribution in [0.3, 0.4) is 0 Å². The first-order valence-corrected chi connectivity index (χ1v) is 7.64. The van der Waals surface area contributed by atoms with Gasteiger partial charge < -0.3 is 18.9 Å². The van der Waals surface area contributed by atoms with Crippen molar-refractivity contribution >= 4 is 17.7 Å². The fourth-order valence-corrected chi connectivity index (χ4v) is 2.98. The normalized spacial score (nSPS) is 30.3. The molecule has 0 unspecified atom stereocenters. The Labute approximate surface area is 129 Å². The van der Waals surface area contributed by atoms with E-state index in [1.807, 2.05) is 0 Å². The Hall–Kier alpha value is -1.47. The van der Waals surface area contributed by atoms with Crippen LogP contribution in [0.25, 0.3) is 0 Å². The summed E-state index contributed by atoms with van der Waals surface area (Å²) in [4.78, 5) is 36.0. The number of ether oxygens (including phenoxy) is 4. The minimum Gasteiger partial charge on any atom is -0.464 e. The average molecular weight is 314 g/mol. The molecule has 0 aromatic carbocycles. The molecule has 7 heteroatoms. The van der Waals surface area contributed by atoms with Gasteiger partial charge in [0.15, 0.2) is 18.0 Å². The first-order chi connectivity index (χ1) is 10.4. The van der Waals surface area contributed by atoms with Gasteiger partial charge in [-0.25, -0.2) is 9.59 Å². The van der Waals surface area contributed by atoms with Gasteiger partial charge in [0, 0.05) is 6.42 Å². The molecule has 0 N–H and O–H groups in total. The van der Waals surface area contributed by atoms with Gasteiger partial charge in [-0.15, -0.1) is 0 Å². The lowest BCUT2D eigenvalue weighted by Gasteiger charge is -2.28. The van der Waals surface area contributed by atoms with Gasteiger partial charge in [0.1, 0.15) is 5.78 Å². The van der Waals surface area contributed by atoms with Crippen molar-refractivity contribution in [1.82, 2.24) is 0 Å². The quantitative estimate of drug-likeness (QED) is 0.699. The number of ketones is 1. The van der Waals surface area contributed by atoms with E-state index in [-0.39, 0.29) is 19.0 Å². The van der Waals surface area contributed by atoms with E-state index in [4.69, 9.17) is 18.9 Å². The summed E-state index contributed by atoms with van der Waals surface area (Å²) >= 11 is 0. The predicted molar refractivity (Wildman–Crippen MR) is 73.8 cm³/mol. The van der Waals surface area contributed by atoms with Crippen molar-refractivity contribution in [2.24, 2.45) is 5.92 Å². The second kappa shape index (κ2) is 6.75. The largest absolute Gasteiger partial charge is 0.464 e. The smallest absolute Gasteiger partial charge is 0.338 e. The molecule has 7 nitrogen and oxygen atoms in total. The Bertz CT molecular complexity index is 433. The number of rotatable bonds is 5. The van der Waals surface area contributed by atoms with Gasteiger partial charge in [0.25, 0.3) is 0 Å². The maximum absolute atomic E-state index is 12.0. The lowest BCUT2D eigenvalue weighted by Crippen LogP contribution is -2.39. The highest BCUT2D eigenvalue weighted by atomic mass is 16.8. The van der Waals surface area contributed by atoms with Gasteiger partial charge >= 0.3 is 11.9 Å². The van der Waals surface area contributed by atoms with E-state index < -0.39 is 35.9 Å². The van der Waals surface area contributed by atoms with Crippen molar-refractivity contribution in [2.45, 2.75) is 58.0 Å². The molecule has 0 amide bonds. The van der Waals surface area contributed by atoms with Crippen LogP contribution in [0.5, 0.6) is 0 Å². The average Bonchev–Trinajstić information content (AvgIpc) is 3.04. The molecule has 124 valence electrons. The monoisotopic (exact) mass is 314 g/mol. The zero-order chi connectivity index (χ0) is 16.3. The molecule has 2 aliphatic rings. The van der Waals surface area contributed by atoms with E-state index in [0.29, 0.717) is 12.8 Å². The third kappa shape index (κ3) is 3.15. The predicted octanol–water partition coefficient (Wildman–Crippen LogP) is 0.982. The second-order valence-electron chi connectivity index (χ2n) is 5.51. The van der Waals surface area contributed by atoms with Crippen molar-refractivity contribution in [3.63, 3.8) is 0 Å². The summed E-state index contributed by atoms with van der Waals surface area (Å²) in [7, 11) is 0. The Morgan fingerprint density at radius 1 is 1.14 bits per heavy atom. The third-order valence-corrected chi connectivity index (χ3v) is 3.97. The van der Waals surface area contributed by atoms with Gasteiger partial charge in [-0.2, -0.15) is 0 Å². The van der Waals surface area contributed by atoms with E-state index in [2.05, 4.69) is 0 Å². The highest BCUT2D eigenvalue weighted by Gasteiger charge is 2.57. The number of carbonyl (C=O) groups is 3. The SMILES string of the molecule is CCOC(=O)[C@@H]1OC(C)([C@H]2CCCC2=O)O[C@H]1C(=O)OCC. The lowest BCUT2D eigenvalue weighted by molar-refractivity contribution is -0.204. The van der Waals surface area contributed by atoms with E-state index in [1.165, 1.54) is 0 Å². The maximum Gasteiger partial charge on any atom is 0.338 e. The van der Waals surface area contributed by atoms with E-state index in [0.717, 1.165) is 6.42 Å². The molecular weight excluding hydrogens is 292 g/mol. The second-order valence-corrected chi connectivity index (χ2v) is 5.51. The highest BCUT2D eigenvalue weighted by Crippen LogP contribution is 2.41. The Morgan fingerprint density at radius 2 is 1.64 bits per heavy atom. The van der Waals surface area contributed by atoms with Crippen LogP contribution in [0.1, 0.15) is 40.0 Å². The first-order valence-electron chi connectivity index (χ1n) is 7.64. The van der Waals surface area contributed by atoms with Crippen molar-refractivity contribution in [2.75, 3.05) is 13.2 Å². The van der Waals surface area contributed by atoms with Crippen LogP contribution < -0.4 is 0 Å². The molecule has 1 saturated carbocycles. The van der Waals surface area contributed by atoms with Crippen molar-refractivity contribution < 1.29 is 33.3 Å². The molecule has 1 aliphatic carbocycles. The topological polar surface area (TPSA) is 88.1 Å². The zero-order valence-electron chi connectivity index (χ0n) is 13.1. The summed E-state index contributed by atoms with van der Waals surface area (Å²) in [5.74, 6) is -3.13. The Kier molecular flexibility index (Phi) is 5.18. The summed E-state index contributed by atoms with van der Waals surface area (Å²) in [5, 5.41) is 0. The van der Waals surface area contributed by atoms with Crippen molar-refractivity contribution in [3.8, 4) is 0 Å². The molecular formula is C15H22O7. The molecule has 0 aromatic rings. The number of hydrogen-bond donors (Lipinski definition) is 0. The summed E-state index contributed by atoms with van der Waals surface area (Å²) in [6.07, 6.45) is -0.601. The first kappa shape index (κ1) is 16.9. The number of hydrogen-bond acceptors (Lipinski definition) is 7. The molecule has 2 fully saturated rings. The molecule has 0 aromatic heterocycles. The van der Waals surface area contributed by atoms with Gasteiger partial charge in [0.05, 0.1) is 19.1 Å². The molecule has 1 saturated heterocycles. The molecule has 22 heavy (non-hydrogen) atoms. The Balaban J connectivity index is 2.21. The molecule has 0 spiro atoms. The minimum atomic E-state index is -1.30. The number of carbonyl (C=O) groups excluding carboxylic acids is 3. The van der Waals surface area contributed by atoms with Crippen LogP contribution in [-0.4, -0.2) is 48.9 Å². The molecule has 1 aliphatic heterocycles. The number of Topliss-reactive ketones (excluding diaryl/α,β-unsaturated/α-hetero) is 1. The Morgan fingerprint density at radius 3 is 2.00 bits per heavy atom. The summed E-state index contributed by atoms with van der Waals surface area (Å²) in [6.45, 7) is 5.23. The van der Waals surface area contributed by atoms with E-state index in [9.17, 15) is 14.4 Å². The third-order valence-electron chi connectivity index (χ3n) is 3.97. The van der Waals surface area contributed by atoms with Crippen molar-refractivity contribution in [1.29, 1.82) is 0 Å². The molecule has 2 rings (SSSR count). The summed E-state index contributed by atoms with van der Waals surface area (Å²) in [6, 6.07) is 0. The zero-order valence-corrected chi connectivity index (χ0v) is 13.1. The maximum atomic E-state index is 12.0. The lowest BCUT2D eigenvalue weighted by atomic mass is 9.97. The van der Waals surface area contributed by atoms with Gasteiger partial charge in [-0.3, -0.25) is 4.79 Å². The van der Waals surface area contributed by atoms with Crippen LogP contribution in [0.4, 0.5) is 0 Å². The van der Waals surface area contributed by atoms with Crippen molar-refractivity contribution in [3.05, 3.63) is 0 Å². The fraction of sp³-hybridized carbons (Fsp3) is 0.800. The molecule has 0 radical (unpaired) electrons. The van der Waals surface area contributed by atoms with Gasteiger partial charge in [-0.05, 0) is 33.6 Å². The van der Waals surface area contributed by atoms with Gasteiger partial charge in [-0.1, -0.05) is 0 Å². The van der Waals surface area contributed by atoms with E-state index in [1.54, 1.807) is 20.8 Å². The minimum absolute atomic E-state index is 0.0228. The molecule has 0 bridgehead atoms. The number of esters is 2. The van der Waals surface area contributed by atoms with Crippen LogP contribution in [0.2, 0.25) is 0 Å². The summed E-state index contributed by atoms with van der Waals surface area (Å²) < 4.78 is 21.2. The van der Waals surface area contributed by atoms with Crippen LogP contribution >= 0.6 is 0 Å². The highest BCUT2D eigenvalue weighted by molar-refractivity contribution is 5.87. The molecule has 1 heterocycles. The fourth-order valence-electron chi connectivity index (χ4n) is 2.98. The van der Waals surface area contributed by atoms with E-state index >= 15 is 0 Å².